The first-order valence-corrected chi connectivity index (χ1v) is 4.97. The van der Waals surface area contributed by atoms with Gasteiger partial charge >= 0.3 is 0 Å². The fraction of sp³-hybridized carbons (Fsp3) is 0.455. The molecule has 1 N–H and O–H groups in total. The molecule has 0 saturated heterocycles. The minimum atomic E-state index is -0.310. The van der Waals surface area contributed by atoms with Gasteiger partial charge in [-0.2, -0.15) is 10.4 Å². The summed E-state index contributed by atoms with van der Waals surface area (Å²) >= 11 is 0. The van der Waals surface area contributed by atoms with Crippen molar-refractivity contribution in [1.29, 1.82) is 5.26 Å². The molecule has 0 spiro atoms. The Morgan fingerprint density at radius 3 is 2.93 bits per heavy atom. The fourth-order valence-electron chi connectivity index (χ4n) is 1.22. The first kappa shape index (κ1) is 11.5. The lowest BCUT2D eigenvalue weighted by molar-refractivity contribution is 0.531. The maximum absolute atomic E-state index is 8.97. The topological polar surface area (TPSA) is 53.6 Å². The van der Waals surface area contributed by atoms with Crippen molar-refractivity contribution in [2.75, 3.05) is 6.54 Å². The molecule has 1 rings (SSSR count). The average molecular weight is 204 g/mol. The van der Waals surface area contributed by atoms with Gasteiger partial charge in [-0.25, -0.2) is 0 Å². The Kier molecular flexibility index (Phi) is 4.07. The Morgan fingerprint density at radius 1 is 1.73 bits per heavy atom. The van der Waals surface area contributed by atoms with Crippen LogP contribution in [0, 0.1) is 11.3 Å². The van der Waals surface area contributed by atoms with Crippen molar-refractivity contribution in [1.82, 2.24) is 15.1 Å². The van der Waals surface area contributed by atoms with E-state index in [1.807, 2.05) is 10.9 Å². The van der Waals surface area contributed by atoms with Crippen LogP contribution in [0.15, 0.2) is 25.0 Å². The average Bonchev–Trinajstić information content (AvgIpc) is 2.68. The molecule has 80 valence electrons. The van der Waals surface area contributed by atoms with E-state index in [4.69, 9.17) is 5.26 Å². The molecular formula is C11H16N4. The minimum absolute atomic E-state index is 0.310. The monoisotopic (exact) mass is 204 g/mol. The second-order valence-corrected chi connectivity index (χ2v) is 3.61. The number of nitriles is 1. The lowest BCUT2D eigenvalue weighted by atomic mass is 10.2. The lowest BCUT2D eigenvalue weighted by Crippen LogP contribution is -2.19. The SMILES string of the molecule is C=CCNC(C#N)c1cnn(C(C)C)c1. The van der Waals surface area contributed by atoms with Gasteiger partial charge in [-0.1, -0.05) is 6.08 Å². The summed E-state index contributed by atoms with van der Waals surface area (Å²) in [6.07, 6.45) is 5.36. The summed E-state index contributed by atoms with van der Waals surface area (Å²) in [6, 6.07) is 2.20. The molecule has 1 atom stereocenters. The normalized spacial score (nSPS) is 12.4. The third-order valence-corrected chi connectivity index (χ3v) is 2.08. The molecular weight excluding hydrogens is 188 g/mol. The van der Waals surface area contributed by atoms with Crippen LogP contribution in [0.1, 0.15) is 31.5 Å². The Morgan fingerprint density at radius 2 is 2.47 bits per heavy atom. The van der Waals surface area contributed by atoms with Crippen LogP contribution < -0.4 is 5.32 Å². The Balaban J connectivity index is 2.75. The second-order valence-electron chi connectivity index (χ2n) is 3.61. The van der Waals surface area contributed by atoms with Gasteiger partial charge in [0.2, 0.25) is 0 Å². The molecule has 4 heteroatoms. The van der Waals surface area contributed by atoms with E-state index < -0.39 is 0 Å². The van der Waals surface area contributed by atoms with Crippen LogP contribution in [0.5, 0.6) is 0 Å². The van der Waals surface area contributed by atoms with Gasteiger partial charge in [0, 0.05) is 24.3 Å². The molecule has 4 nitrogen and oxygen atoms in total. The van der Waals surface area contributed by atoms with E-state index in [1.54, 1.807) is 12.3 Å². The molecule has 0 radical (unpaired) electrons. The molecule has 1 aromatic rings. The predicted octanol–water partition coefficient (Wildman–Crippen LogP) is 1.80. The van der Waals surface area contributed by atoms with Gasteiger partial charge in [-0.15, -0.1) is 6.58 Å². The highest BCUT2D eigenvalue weighted by Crippen LogP contribution is 2.13. The number of hydrogen-bond acceptors (Lipinski definition) is 3. The highest BCUT2D eigenvalue weighted by molar-refractivity contribution is 5.18. The first-order chi connectivity index (χ1) is 7.19. The number of nitrogens with one attached hydrogen (secondary N) is 1. The largest absolute Gasteiger partial charge is 0.295 e. The molecule has 15 heavy (non-hydrogen) atoms. The molecule has 0 saturated carbocycles. The van der Waals surface area contributed by atoms with Gasteiger partial charge in [0.05, 0.1) is 12.3 Å². The van der Waals surface area contributed by atoms with Gasteiger partial charge in [-0.05, 0) is 13.8 Å². The molecule has 0 aliphatic heterocycles. The molecule has 0 aliphatic carbocycles. The Hall–Kier alpha value is -1.60. The van der Waals surface area contributed by atoms with Crippen molar-refractivity contribution in [2.45, 2.75) is 25.9 Å². The lowest BCUT2D eigenvalue weighted by Gasteiger charge is -2.07. The van der Waals surface area contributed by atoms with Gasteiger partial charge in [0.15, 0.2) is 0 Å². The van der Waals surface area contributed by atoms with Crippen LogP contribution in [0.4, 0.5) is 0 Å². The maximum atomic E-state index is 8.97. The van der Waals surface area contributed by atoms with Gasteiger partial charge < -0.3 is 0 Å². The molecule has 0 aliphatic rings. The summed E-state index contributed by atoms with van der Waals surface area (Å²) in [4.78, 5) is 0. The summed E-state index contributed by atoms with van der Waals surface area (Å²) in [7, 11) is 0. The van der Waals surface area contributed by atoms with Crippen LogP contribution in [-0.4, -0.2) is 16.3 Å². The number of rotatable bonds is 5. The molecule has 1 aromatic heterocycles. The van der Waals surface area contributed by atoms with E-state index in [0.29, 0.717) is 12.6 Å². The molecule has 0 aromatic carbocycles. The number of aromatic nitrogens is 2. The van der Waals surface area contributed by atoms with Crippen LogP contribution >= 0.6 is 0 Å². The number of nitrogens with zero attached hydrogens (tertiary/aromatic N) is 3. The summed E-state index contributed by atoms with van der Waals surface area (Å²) < 4.78 is 1.84. The van der Waals surface area contributed by atoms with E-state index in [-0.39, 0.29) is 6.04 Å². The van der Waals surface area contributed by atoms with Gasteiger partial charge in [0.1, 0.15) is 6.04 Å². The van der Waals surface area contributed by atoms with E-state index in [0.717, 1.165) is 5.56 Å². The molecule has 0 bridgehead atoms. The second kappa shape index (κ2) is 5.32. The maximum Gasteiger partial charge on any atom is 0.124 e. The predicted molar refractivity (Wildman–Crippen MR) is 59.2 cm³/mol. The zero-order valence-electron chi connectivity index (χ0n) is 9.14. The zero-order valence-corrected chi connectivity index (χ0v) is 9.14. The highest BCUT2D eigenvalue weighted by atomic mass is 15.3. The molecule has 0 fully saturated rings. The van der Waals surface area contributed by atoms with Crippen LogP contribution in [0.2, 0.25) is 0 Å². The van der Waals surface area contributed by atoms with E-state index in [2.05, 4.69) is 36.9 Å². The van der Waals surface area contributed by atoms with Gasteiger partial charge in [-0.3, -0.25) is 10.00 Å². The summed E-state index contributed by atoms with van der Waals surface area (Å²) in [6.45, 7) is 8.32. The van der Waals surface area contributed by atoms with Crippen LogP contribution in [-0.2, 0) is 0 Å². The standard InChI is InChI=1S/C11H16N4/c1-4-5-13-11(6-12)10-7-14-15(8-10)9(2)3/h4,7-9,11,13H,1,5H2,2-3H3. The smallest absolute Gasteiger partial charge is 0.124 e. The first-order valence-electron chi connectivity index (χ1n) is 4.97. The van der Waals surface area contributed by atoms with Crippen molar-refractivity contribution in [2.24, 2.45) is 0 Å². The fourth-order valence-corrected chi connectivity index (χ4v) is 1.22. The van der Waals surface area contributed by atoms with Crippen molar-refractivity contribution in [3.05, 3.63) is 30.6 Å². The van der Waals surface area contributed by atoms with Crippen molar-refractivity contribution < 1.29 is 0 Å². The van der Waals surface area contributed by atoms with E-state index >= 15 is 0 Å². The summed E-state index contributed by atoms with van der Waals surface area (Å²) in [5, 5.41) is 16.2. The van der Waals surface area contributed by atoms with E-state index in [9.17, 15) is 0 Å². The quantitative estimate of drug-likeness (QED) is 0.744. The Labute approximate surface area is 90.2 Å². The van der Waals surface area contributed by atoms with Crippen molar-refractivity contribution in [3.8, 4) is 6.07 Å². The van der Waals surface area contributed by atoms with Crippen molar-refractivity contribution >= 4 is 0 Å². The molecule has 0 amide bonds. The Bertz CT molecular complexity index is 359. The third kappa shape index (κ3) is 2.93. The van der Waals surface area contributed by atoms with E-state index in [1.165, 1.54) is 0 Å². The van der Waals surface area contributed by atoms with Crippen molar-refractivity contribution in [3.63, 3.8) is 0 Å². The minimum Gasteiger partial charge on any atom is -0.295 e. The number of hydrogen-bond donors (Lipinski definition) is 1. The van der Waals surface area contributed by atoms with Crippen LogP contribution in [0.25, 0.3) is 0 Å². The van der Waals surface area contributed by atoms with Gasteiger partial charge in [0.25, 0.3) is 0 Å². The summed E-state index contributed by atoms with van der Waals surface area (Å²) in [5.74, 6) is 0. The molecule has 1 unspecified atom stereocenters. The molecule has 1 heterocycles. The summed E-state index contributed by atoms with van der Waals surface area (Å²) in [5.41, 5.74) is 0.896. The van der Waals surface area contributed by atoms with Crippen LogP contribution in [0.3, 0.4) is 0 Å². The third-order valence-electron chi connectivity index (χ3n) is 2.08. The zero-order chi connectivity index (χ0) is 11.3. The highest BCUT2D eigenvalue weighted by Gasteiger charge is 2.11.